The monoisotopic (exact) mass is 675 g/mol. The molecular weight excluding hydrogens is 643 g/mol. The van der Waals surface area contributed by atoms with Crippen LogP contribution in [0.25, 0.3) is 10.8 Å². The summed E-state index contributed by atoms with van der Waals surface area (Å²) in [6.45, 7) is 4.89. The molecule has 1 heterocycles. The number of nitrogen functional groups attached to an aromatic ring is 1. The molecule has 1 atom stereocenters. The largest absolute Gasteiger partial charge is 0.491 e. The summed E-state index contributed by atoms with van der Waals surface area (Å²) in [5, 5.41) is 11.4. The number of nitrogens with two attached hydrogens (primary N) is 2. The minimum Gasteiger partial charge on any atom is -0.490 e. The third kappa shape index (κ3) is 8.20. The van der Waals surface area contributed by atoms with Gasteiger partial charge in [0.25, 0.3) is 11.6 Å². The number of nitrogens with one attached hydrogen (secondary N) is 2. The van der Waals surface area contributed by atoms with Crippen molar-refractivity contribution in [3.05, 3.63) is 84.1 Å². The molecule has 0 saturated heterocycles. The Bertz CT molecular complexity index is 1900. The van der Waals surface area contributed by atoms with E-state index in [2.05, 4.69) is 15.6 Å². The topological polar surface area (TPSA) is 185 Å². The lowest BCUT2D eigenvalue weighted by atomic mass is 9.99. The van der Waals surface area contributed by atoms with Crippen LogP contribution in [0.2, 0.25) is 0 Å². The Labute approximate surface area is 268 Å². The summed E-state index contributed by atoms with van der Waals surface area (Å²) in [7, 11) is -4.11. The molecule has 3 aromatic carbocycles. The molecule has 250 valence electrons. The summed E-state index contributed by atoms with van der Waals surface area (Å²) in [5.41, 5.74) is 3.10. The lowest BCUT2D eigenvalue weighted by Crippen LogP contribution is -2.54. The highest BCUT2D eigenvalue weighted by Gasteiger charge is 2.52. The van der Waals surface area contributed by atoms with Gasteiger partial charge in [0.15, 0.2) is 11.5 Å². The average Bonchev–Trinajstić information content (AvgIpc) is 2.99. The van der Waals surface area contributed by atoms with Gasteiger partial charge >= 0.3 is 12.1 Å². The second kappa shape index (κ2) is 13.7. The van der Waals surface area contributed by atoms with Gasteiger partial charge in [-0.3, -0.25) is 4.79 Å². The zero-order valence-electron chi connectivity index (χ0n) is 25.4. The number of fused-ring (bicyclic) bond motifs is 1. The van der Waals surface area contributed by atoms with Crippen LogP contribution in [0.5, 0.6) is 11.5 Å². The average molecular weight is 676 g/mol. The summed E-state index contributed by atoms with van der Waals surface area (Å²) in [6, 6.07) is 15.1. The van der Waals surface area contributed by atoms with Crippen molar-refractivity contribution in [2.75, 3.05) is 17.7 Å². The molecule has 0 spiro atoms. The molecule has 1 aromatic heterocycles. The highest BCUT2D eigenvalue weighted by molar-refractivity contribution is 7.89. The molecule has 16 heteroatoms. The van der Waals surface area contributed by atoms with Gasteiger partial charge in [0.1, 0.15) is 5.82 Å². The first-order valence-electron chi connectivity index (χ1n) is 14.1. The van der Waals surface area contributed by atoms with Crippen molar-refractivity contribution in [2.24, 2.45) is 5.14 Å². The maximum absolute atomic E-state index is 14.2. The first kappa shape index (κ1) is 34.8. The molecule has 0 unspecified atom stereocenters. The van der Waals surface area contributed by atoms with Crippen molar-refractivity contribution in [1.82, 2.24) is 10.3 Å². The van der Waals surface area contributed by atoms with Gasteiger partial charge in [-0.25, -0.2) is 23.3 Å². The van der Waals surface area contributed by atoms with Crippen LogP contribution in [-0.2, 0) is 36.6 Å². The van der Waals surface area contributed by atoms with Crippen LogP contribution in [-0.4, -0.2) is 44.2 Å². The number of alkyl halides is 3. The van der Waals surface area contributed by atoms with Crippen molar-refractivity contribution in [3.8, 4) is 11.5 Å². The summed E-state index contributed by atoms with van der Waals surface area (Å²) in [4.78, 5) is 30.5. The van der Waals surface area contributed by atoms with Gasteiger partial charge in [-0.1, -0.05) is 12.1 Å². The van der Waals surface area contributed by atoms with Crippen LogP contribution in [0.15, 0.2) is 77.8 Å². The summed E-state index contributed by atoms with van der Waals surface area (Å²) >= 11 is 0. The van der Waals surface area contributed by atoms with Gasteiger partial charge in [0.2, 0.25) is 10.0 Å². The Morgan fingerprint density at radius 2 is 1.74 bits per heavy atom. The molecule has 47 heavy (non-hydrogen) atoms. The zero-order chi connectivity index (χ0) is 34.6. The fourth-order valence-electron chi connectivity index (χ4n) is 4.56. The fourth-order valence-corrected chi connectivity index (χ4v) is 5.14. The van der Waals surface area contributed by atoms with Gasteiger partial charge in [-0.15, -0.1) is 0 Å². The summed E-state index contributed by atoms with van der Waals surface area (Å²) in [6.07, 6.45) is -4.41. The Morgan fingerprint density at radius 3 is 2.40 bits per heavy atom. The highest BCUT2D eigenvalue weighted by Crippen LogP contribution is 2.38. The van der Waals surface area contributed by atoms with Crippen LogP contribution in [0.1, 0.15) is 31.9 Å². The molecular formula is C31H32F3N5O7S. The number of benzene rings is 3. The van der Waals surface area contributed by atoms with Gasteiger partial charge in [0, 0.05) is 29.4 Å². The standard InChI is InChI=1S/C31H32F3N5O7S/c1-4-44-26-16-21(8-11-25(26)45-18(2)3)30(46-29(41)31(32,33)34,39-22-9-10-24-20(15-22)12-13-37-27(24)35)28(40)38-17-19-6-5-7-23(14-19)47(36,42)43/h5-16,18,39H,4,17H2,1-3H3,(H2,35,37)(H,38,40)(H2,36,42,43)/t30-/m1/s1. The smallest absolute Gasteiger partial charge is 0.490 e. The fraction of sp³-hybridized carbons (Fsp3) is 0.258. The number of ether oxygens (including phenoxy) is 3. The number of anilines is 2. The summed E-state index contributed by atoms with van der Waals surface area (Å²) in [5.74, 6) is -3.46. The van der Waals surface area contributed by atoms with Crippen molar-refractivity contribution in [2.45, 2.75) is 50.2 Å². The normalized spacial score (nSPS) is 13.1. The third-order valence-electron chi connectivity index (χ3n) is 6.61. The van der Waals surface area contributed by atoms with E-state index in [9.17, 15) is 31.2 Å². The van der Waals surface area contributed by atoms with Crippen LogP contribution in [0.4, 0.5) is 24.7 Å². The number of halogens is 3. The number of carbonyl (C=O) groups is 2. The third-order valence-corrected chi connectivity index (χ3v) is 7.52. The maximum atomic E-state index is 14.2. The number of hydrogen-bond acceptors (Lipinski definition) is 10. The Balaban J connectivity index is 1.90. The van der Waals surface area contributed by atoms with E-state index in [1.807, 2.05) is 0 Å². The van der Waals surface area contributed by atoms with Gasteiger partial charge in [-0.2, -0.15) is 13.2 Å². The number of nitrogens with zero attached hydrogens (tertiary/aromatic N) is 1. The predicted octanol–water partition coefficient (Wildman–Crippen LogP) is 4.34. The molecule has 1 amide bonds. The number of sulfonamides is 1. The van der Waals surface area contributed by atoms with Crippen LogP contribution in [0, 0.1) is 0 Å². The quantitative estimate of drug-likeness (QED) is 0.124. The van der Waals surface area contributed by atoms with Crippen molar-refractivity contribution < 1.29 is 45.4 Å². The van der Waals surface area contributed by atoms with Crippen molar-refractivity contribution in [1.29, 1.82) is 0 Å². The molecule has 12 nitrogen and oxygen atoms in total. The molecule has 0 aliphatic heterocycles. The number of esters is 1. The lowest BCUT2D eigenvalue weighted by molar-refractivity contribution is -0.213. The van der Waals surface area contributed by atoms with E-state index in [1.54, 1.807) is 26.8 Å². The zero-order valence-corrected chi connectivity index (χ0v) is 26.2. The SMILES string of the molecule is CCOc1cc([C@@](Nc2ccc3c(N)nccc3c2)(OC(=O)C(F)(F)F)C(=O)NCc2cccc(S(N)(=O)=O)c2)ccc1OC(C)C. The van der Waals surface area contributed by atoms with Crippen molar-refractivity contribution >= 4 is 44.2 Å². The van der Waals surface area contributed by atoms with E-state index in [0.717, 1.165) is 0 Å². The van der Waals surface area contributed by atoms with Gasteiger partial charge in [-0.05, 0) is 86.3 Å². The molecule has 0 aliphatic carbocycles. The number of primary sulfonamides is 1. The van der Waals surface area contributed by atoms with Gasteiger partial charge in [0.05, 0.1) is 17.6 Å². The van der Waals surface area contributed by atoms with E-state index in [0.29, 0.717) is 10.8 Å². The second-order valence-electron chi connectivity index (χ2n) is 10.5. The Hall–Kier alpha value is -5.09. The van der Waals surface area contributed by atoms with Crippen LogP contribution in [0.3, 0.4) is 0 Å². The molecule has 0 radical (unpaired) electrons. The minimum absolute atomic E-state index is 0.0546. The van der Waals surface area contributed by atoms with Crippen LogP contribution >= 0.6 is 0 Å². The molecule has 6 N–H and O–H groups in total. The number of pyridine rings is 1. The van der Waals surface area contributed by atoms with E-state index in [-0.39, 0.29) is 51.7 Å². The Kier molecular flexibility index (Phi) is 10.2. The number of carbonyl (C=O) groups excluding carboxylic acids is 2. The molecule has 4 rings (SSSR count). The molecule has 4 aromatic rings. The highest BCUT2D eigenvalue weighted by atomic mass is 32.2. The van der Waals surface area contributed by atoms with E-state index < -0.39 is 40.3 Å². The van der Waals surface area contributed by atoms with E-state index in [1.165, 1.54) is 66.9 Å². The molecule has 0 aliphatic rings. The van der Waals surface area contributed by atoms with E-state index in [4.69, 9.17) is 25.1 Å². The van der Waals surface area contributed by atoms with Crippen molar-refractivity contribution in [3.63, 3.8) is 0 Å². The molecule has 0 bridgehead atoms. The molecule has 0 saturated carbocycles. The number of aromatic nitrogens is 1. The number of hydrogen-bond donors (Lipinski definition) is 4. The second-order valence-corrected chi connectivity index (χ2v) is 12.0. The Morgan fingerprint density at radius 1 is 1.00 bits per heavy atom. The lowest BCUT2D eigenvalue weighted by Gasteiger charge is -2.34. The first-order chi connectivity index (χ1) is 22.0. The van der Waals surface area contributed by atoms with E-state index >= 15 is 0 Å². The molecule has 0 fully saturated rings. The van der Waals surface area contributed by atoms with Gasteiger partial charge < -0.3 is 30.6 Å². The number of rotatable bonds is 12. The summed E-state index contributed by atoms with van der Waals surface area (Å²) < 4.78 is 81.6. The maximum Gasteiger partial charge on any atom is 0.491 e. The number of amides is 1. The minimum atomic E-state index is -5.51. The first-order valence-corrected chi connectivity index (χ1v) is 15.6. The predicted molar refractivity (Wildman–Crippen MR) is 167 cm³/mol. The van der Waals surface area contributed by atoms with Crippen LogP contribution < -0.4 is 31.0 Å².